The highest BCUT2D eigenvalue weighted by atomic mass is 16.5. The number of carbonyl (C=O) groups excluding carboxylic acids is 2. The van der Waals surface area contributed by atoms with Gasteiger partial charge in [-0.15, -0.1) is 0 Å². The first kappa shape index (κ1) is 28.0. The molecule has 206 valence electrons. The minimum absolute atomic E-state index is 0.158. The minimum atomic E-state index is -0.331. The summed E-state index contributed by atoms with van der Waals surface area (Å²) in [5, 5.41) is 6.02. The number of amides is 2. The van der Waals surface area contributed by atoms with E-state index in [0.29, 0.717) is 34.9 Å². The third-order valence-electron chi connectivity index (χ3n) is 7.23. The van der Waals surface area contributed by atoms with Crippen molar-refractivity contribution in [2.24, 2.45) is 0 Å². The molecular formula is C31H38N4O4. The van der Waals surface area contributed by atoms with Crippen LogP contribution < -0.4 is 25.0 Å². The third kappa shape index (κ3) is 6.70. The molecule has 0 aromatic heterocycles. The molecule has 0 saturated heterocycles. The Hall–Kier alpha value is -4.04. The molecule has 8 heteroatoms. The molecule has 0 unspecified atom stereocenters. The van der Waals surface area contributed by atoms with Gasteiger partial charge >= 0.3 is 0 Å². The van der Waals surface area contributed by atoms with E-state index in [9.17, 15) is 9.59 Å². The molecule has 4 rings (SSSR count). The largest absolute Gasteiger partial charge is 0.497 e. The summed E-state index contributed by atoms with van der Waals surface area (Å²) in [6, 6.07) is 19.0. The fraction of sp³-hybridized carbons (Fsp3) is 0.355. The fourth-order valence-electron chi connectivity index (χ4n) is 4.92. The van der Waals surface area contributed by atoms with Crippen LogP contribution in [0.3, 0.4) is 0 Å². The number of fused-ring (bicyclic) bond motifs is 1. The molecular weight excluding hydrogens is 492 g/mol. The van der Waals surface area contributed by atoms with Crippen LogP contribution in [0.4, 0.5) is 11.4 Å². The van der Waals surface area contributed by atoms with Crippen molar-refractivity contribution in [3.8, 4) is 11.5 Å². The van der Waals surface area contributed by atoms with Crippen LogP contribution in [-0.2, 0) is 13.0 Å². The average Bonchev–Trinajstić information content (AvgIpc) is 2.98. The van der Waals surface area contributed by atoms with Crippen molar-refractivity contribution in [1.82, 2.24) is 10.2 Å². The Morgan fingerprint density at radius 1 is 0.897 bits per heavy atom. The van der Waals surface area contributed by atoms with Gasteiger partial charge in [0, 0.05) is 43.6 Å². The topological polar surface area (TPSA) is 83.1 Å². The molecule has 0 radical (unpaired) electrons. The van der Waals surface area contributed by atoms with Gasteiger partial charge in [0.2, 0.25) is 0 Å². The Morgan fingerprint density at radius 2 is 1.67 bits per heavy atom. The van der Waals surface area contributed by atoms with Crippen LogP contribution in [-0.4, -0.2) is 63.7 Å². The number of nitrogens with zero attached hydrogens (tertiary/aromatic N) is 2. The molecule has 0 atom stereocenters. The smallest absolute Gasteiger partial charge is 0.259 e. The molecule has 2 amide bonds. The highest BCUT2D eigenvalue weighted by Crippen LogP contribution is 2.31. The number of anilines is 2. The van der Waals surface area contributed by atoms with E-state index in [1.54, 1.807) is 31.4 Å². The van der Waals surface area contributed by atoms with Gasteiger partial charge in [0.15, 0.2) is 0 Å². The molecule has 39 heavy (non-hydrogen) atoms. The monoisotopic (exact) mass is 530 g/mol. The van der Waals surface area contributed by atoms with Crippen LogP contribution in [0.5, 0.6) is 11.5 Å². The molecule has 1 aliphatic rings. The molecule has 0 saturated carbocycles. The molecule has 2 N–H and O–H groups in total. The van der Waals surface area contributed by atoms with Gasteiger partial charge in [-0.2, -0.15) is 0 Å². The van der Waals surface area contributed by atoms with Crippen LogP contribution in [0.15, 0.2) is 60.7 Å². The van der Waals surface area contributed by atoms with E-state index in [4.69, 9.17) is 9.47 Å². The molecule has 0 aliphatic carbocycles. The normalized spacial score (nSPS) is 12.6. The maximum atomic E-state index is 13.5. The zero-order chi connectivity index (χ0) is 27.8. The van der Waals surface area contributed by atoms with Crippen LogP contribution >= 0.6 is 0 Å². The number of hydrogen-bond acceptors (Lipinski definition) is 6. The number of hydrogen-bond donors (Lipinski definition) is 2. The summed E-state index contributed by atoms with van der Waals surface area (Å²) in [6.07, 6.45) is 0.912. The summed E-state index contributed by atoms with van der Waals surface area (Å²) >= 11 is 0. The predicted octanol–water partition coefficient (Wildman–Crippen LogP) is 4.59. The summed E-state index contributed by atoms with van der Waals surface area (Å²) in [7, 11) is 3.07. The van der Waals surface area contributed by atoms with Crippen LogP contribution in [0, 0.1) is 0 Å². The minimum Gasteiger partial charge on any atom is -0.497 e. The maximum absolute atomic E-state index is 13.5. The van der Waals surface area contributed by atoms with E-state index in [1.165, 1.54) is 18.2 Å². The van der Waals surface area contributed by atoms with Gasteiger partial charge in [0.25, 0.3) is 11.8 Å². The van der Waals surface area contributed by atoms with E-state index < -0.39 is 0 Å². The summed E-state index contributed by atoms with van der Waals surface area (Å²) in [4.78, 5) is 31.2. The first-order valence-electron chi connectivity index (χ1n) is 13.5. The van der Waals surface area contributed by atoms with Crippen LogP contribution in [0.25, 0.3) is 0 Å². The Morgan fingerprint density at radius 3 is 2.38 bits per heavy atom. The second-order valence-electron chi connectivity index (χ2n) is 9.48. The van der Waals surface area contributed by atoms with Gasteiger partial charge in [-0.3, -0.25) is 9.59 Å². The van der Waals surface area contributed by atoms with Crippen molar-refractivity contribution in [3.63, 3.8) is 0 Å². The number of methoxy groups -OCH3 is 2. The number of rotatable bonds is 11. The lowest BCUT2D eigenvalue weighted by Gasteiger charge is -2.32. The number of nitrogens with one attached hydrogen (secondary N) is 2. The Labute approximate surface area is 230 Å². The lowest BCUT2D eigenvalue weighted by Crippen LogP contribution is -2.36. The molecule has 3 aromatic rings. The highest BCUT2D eigenvalue weighted by Gasteiger charge is 2.23. The Balaban J connectivity index is 1.59. The fourth-order valence-corrected chi connectivity index (χ4v) is 4.92. The van der Waals surface area contributed by atoms with Crippen molar-refractivity contribution >= 4 is 23.2 Å². The van der Waals surface area contributed by atoms with Gasteiger partial charge in [-0.1, -0.05) is 38.1 Å². The van der Waals surface area contributed by atoms with Gasteiger partial charge in [-0.05, 0) is 61.0 Å². The van der Waals surface area contributed by atoms with E-state index in [-0.39, 0.29) is 11.8 Å². The first-order chi connectivity index (χ1) is 19.0. The summed E-state index contributed by atoms with van der Waals surface area (Å²) < 4.78 is 10.6. The zero-order valence-electron chi connectivity index (χ0n) is 23.3. The van der Waals surface area contributed by atoms with Crippen molar-refractivity contribution in [3.05, 3.63) is 82.9 Å². The second kappa shape index (κ2) is 13.2. The maximum Gasteiger partial charge on any atom is 0.259 e. The van der Waals surface area contributed by atoms with Gasteiger partial charge in [-0.25, -0.2) is 0 Å². The highest BCUT2D eigenvalue weighted by molar-refractivity contribution is 6.08. The SMILES string of the molecule is CCN(CC)CCNC(=O)c1cc(NC(=O)c2ccc(OC)cc2OC)ccc1N1CCc2ccccc2C1. The zero-order valence-corrected chi connectivity index (χ0v) is 23.3. The molecule has 1 aliphatic heterocycles. The third-order valence-corrected chi connectivity index (χ3v) is 7.23. The quantitative estimate of drug-likeness (QED) is 0.377. The molecule has 1 heterocycles. The van der Waals surface area contributed by atoms with Crippen LogP contribution in [0.2, 0.25) is 0 Å². The van der Waals surface area contributed by atoms with E-state index in [2.05, 4.69) is 58.5 Å². The molecule has 8 nitrogen and oxygen atoms in total. The van der Waals surface area contributed by atoms with Crippen molar-refractivity contribution in [2.75, 3.05) is 57.2 Å². The van der Waals surface area contributed by atoms with Crippen LogP contribution in [0.1, 0.15) is 45.7 Å². The Bertz CT molecular complexity index is 1310. The number of benzene rings is 3. The van der Waals surface area contributed by atoms with Gasteiger partial charge < -0.3 is 29.9 Å². The van der Waals surface area contributed by atoms with Crippen molar-refractivity contribution in [2.45, 2.75) is 26.8 Å². The molecule has 3 aromatic carbocycles. The molecule has 0 spiro atoms. The van der Waals surface area contributed by atoms with Gasteiger partial charge in [0.05, 0.1) is 25.3 Å². The second-order valence-corrected chi connectivity index (χ2v) is 9.48. The number of carbonyl (C=O) groups is 2. The lowest BCUT2D eigenvalue weighted by molar-refractivity contribution is 0.0948. The molecule has 0 fully saturated rings. The summed E-state index contributed by atoms with van der Waals surface area (Å²) in [5.41, 5.74) is 4.91. The van der Waals surface area contributed by atoms with Crippen molar-refractivity contribution < 1.29 is 19.1 Å². The average molecular weight is 531 g/mol. The van der Waals surface area contributed by atoms with E-state index in [0.717, 1.165) is 44.8 Å². The standard InChI is InChI=1S/C31H38N4O4/c1-5-34(6-2)18-16-32-30(36)27-19-24(33-31(37)26-13-12-25(38-3)20-29(26)39-4)11-14-28(27)35-17-15-22-9-7-8-10-23(22)21-35/h7-14,19-20H,5-6,15-18,21H2,1-4H3,(H,32,36)(H,33,37). The van der Waals surface area contributed by atoms with E-state index in [1.807, 2.05) is 12.1 Å². The number of ether oxygens (including phenoxy) is 2. The van der Waals surface area contributed by atoms with E-state index >= 15 is 0 Å². The summed E-state index contributed by atoms with van der Waals surface area (Å²) in [6.45, 7) is 8.95. The molecule has 0 bridgehead atoms. The van der Waals surface area contributed by atoms with Gasteiger partial charge in [0.1, 0.15) is 11.5 Å². The first-order valence-corrected chi connectivity index (χ1v) is 13.5. The lowest BCUT2D eigenvalue weighted by atomic mass is 9.98. The number of likely N-dealkylation sites (N-methyl/N-ethyl adjacent to an activating group) is 1. The van der Waals surface area contributed by atoms with Crippen molar-refractivity contribution in [1.29, 1.82) is 0 Å². The Kier molecular flexibility index (Phi) is 9.44. The summed E-state index contributed by atoms with van der Waals surface area (Å²) in [5.74, 6) is 0.514. The predicted molar refractivity (Wildman–Crippen MR) is 155 cm³/mol.